The lowest BCUT2D eigenvalue weighted by atomic mass is 10.1. The smallest absolute Gasteiger partial charge is 0.277 e. The highest BCUT2D eigenvalue weighted by Crippen LogP contribution is 2.33. The van der Waals surface area contributed by atoms with E-state index >= 15 is 4.39 Å². The van der Waals surface area contributed by atoms with Crippen LogP contribution < -0.4 is 16.1 Å². The summed E-state index contributed by atoms with van der Waals surface area (Å²) in [5.41, 5.74) is 3.15. The van der Waals surface area contributed by atoms with Crippen LogP contribution in [0.4, 0.5) is 25.8 Å². The quantitative estimate of drug-likeness (QED) is 0.116. The number of aliphatic hydroxyl groups excluding tert-OH is 1. The monoisotopic (exact) mass is 552 g/mol. The number of carbonyl (C=O) groups is 1. The lowest BCUT2D eigenvalue weighted by Gasteiger charge is -2.16. The normalized spacial score (nSPS) is 11.0. The number of rotatable bonds is 10. The number of aliphatic hydroxyl groups is 1. The van der Waals surface area contributed by atoms with Gasteiger partial charge in [0.2, 0.25) is 0 Å². The molecule has 7 nitrogen and oxygen atoms in total. The number of nitrogens with one attached hydrogen (secondary N) is 3. The van der Waals surface area contributed by atoms with E-state index in [-0.39, 0.29) is 42.5 Å². The third kappa shape index (κ3) is 6.97. The SMILES string of the molecule is O=C(NOCCO)c1ccc(NC=NCc2ccc(F)cc2)c(F)c1Nc1ccc(Br)cc1Cl. The van der Waals surface area contributed by atoms with Crippen LogP contribution in [-0.4, -0.2) is 30.6 Å². The van der Waals surface area contributed by atoms with E-state index in [1.165, 1.54) is 30.6 Å². The summed E-state index contributed by atoms with van der Waals surface area (Å²) in [6.07, 6.45) is 1.31. The molecule has 0 saturated heterocycles. The molecule has 0 radical (unpaired) electrons. The molecular weight excluding hydrogens is 534 g/mol. The second kappa shape index (κ2) is 12.4. The maximum Gasteiger partial charge on any atom is 0.277 e. The number of hydroxylamine groups is 1. The summed E-state index contributed by atoms with van der Waals surface area (Å²) in [5, 5.41) is 14.7. The van der Waals surface area contributed by atoms with Crippen molar-refractivity contribution in [3.05, 3.63) is 86.9 Å². The molecule has 0 heterocycles. The molecule has 3 aromatic carbocycles. The Morgan fingerprint density at radius 1 is 1.12 bits per heavy atom. The van der Waals surface area contributed by atoms with Crippen LogP contribution >= 0.6 is 27.5 Å². The molecule has 0 aliphatic carbocycles. The Bertz CT molecular complexity index is 1180. The molecule has 4 N–H and O–H groups in total. The minimum atomic E-state index is -0.762. The zero-order valence-corrected chi connectivity index (χ0v) is 20.0. The Kier molecular flexibility index (Phi) is 9.34. The van der Waals surface area contributed by atoms with Gasteiger partial charge in [0, 0.05) is 4.47 Å². The number of hydrogen-bond acceptors (Lipinski definition) is 5. The first-order valence-corrected chi connectivity index (χ1v) is 11.1. The van der Waals surface area contributed by atoms with Gasteiger partial charge in [0.25, 0.3) is 5.91 Å². The number of amides is 1. The van der Waals surface area contributed by atoms with E-state index in [9.17, 15) is 9.18 Å². The van der Waals surface area contributed by atoms with E-state index in [4.69, 9.17) is 21.5 Å². The summed E-state index contributed by atoms with van der Waals surface area (Å²) in [4.78, 5) is 21.5. The van der Waals surface area contributed by atoms with Gasteiger partial charge in [-0.2, -0.15) is 0 Å². The minimum Gasteiger partial charge on any atom is -0.394 e. The summed E-state index contributed by atoms with van der Waals surface area (Å²) in [6.45, 7) is -0.161. The molecule has 0 saturated carbocycles. The van der Waals surface area contributed by atoms with Crippen molar-refractivity contribution in [3.8, 4) is 0 Å². The summed E-state index contributed by atoms with van der Waals surface area (Å²) >= 11 is 9.55. The molecule has 11 heteroatoms. The minimum absolute atomic E-state index is 0.0476. The van der Waals surface area contributed by atoms with Gasteiger partial charge in [0.1, 0.15) is 5.82 Å². The van der Waals surface area contributed by atoms with Crippen molar-refractivity contribution in [3.63, 3.8) is 0 Å². The second-order valence-electron chi connectivity index (χ2n) is 6.84. The third-order valence-electron chi connectivity index (χ3n) is 4.43. The first kappa shape index (κ1) is 25.6. The van der Waals surface area contributed by atoms with Crippen molar-refractivity contribution in [1.29, 1.82) is 0 Å². The van der Waals surface area contributed by atoms with Gasteiger partial charge in [0.05, 0.1) is 53.7 Å². The fourth-order valence-electron chi connectivity index (χ4n) is 2.80. The molecule has 1 amide bonds. The molecule has 0 fully saturated rings. The number of halogens is 4. The molecule has 0 aromatic heterocycles. The molecule has 34 heavy (non-hydrogen) atoms. The Hall–Kier alpha value is -3.05. The first-order chi connectivity index (χ1) is 16.4. The number of anilines is 3. The molecule has 3 rings (SSSR count). The van der Waals surface area contributed by atoms with Gasteiger partial charge in [0.15, 0.2) is 5.82 Å². The highest BCUT2D eigenvalue weighted by atomic mass is 79.9. The van der Waals surface area contributed by atoms with Crippen LogP contribution in [0.1, 0.15) is 15.9 Å². The van der Waals surface area contributed by atoms with Crippen LogP contribution in [0.3, 0.4) is 0 Å². The van der Waals surface area contributed by atoms with Crippen LogP contribution in [0.15, 0.2) is 64.1 Å². The van der Waals surface area contributed by atoms with Crippen molar-refractivity contribution < 1.29 is 23.5 Å². The fourth-order valence-corrected chi connectivity index (χ4v) is 3.52. The van der Waals surface area contributed by atoms with Crippen molar-refractivity contribution in [2.45, 2.75) is 6.54 Å². The van der Waals surface area contributed by atoms with Gasteiger partial charge >= 0.3 is 0 Å². The zero-order valence-electron chi connectivity index (χ0n) is 17.6. The zero-order chi connectivity index (χ0) is 24.5. The topological polar surface area (TPSA) is 95.0 Å². The second-order valence-corrected chi connectivity index (χ2v) is 8.17. The van der Waals surface area contributed by atoms with Gasteiger partial charge in [-0.05, 0) is 48.0 Å². The van der Waals surface area contributed by atoms with E-state index in [0.29, 0.717) is 10.7 Å². The summed E-state index contributed by atoms with van der Waals surface area (Å²) < 4.78 is 29.2. The average Bonchev–Trinajstić information content (AvgIpc) is 2.81. The highest BCUT2D eigenvalue weighted by Gasteiger charge is 2.20. The largest absolute Gasteiger partial charge is 0.394 e. The van der Waals surface area contributed by atoms with Crippen LogP contribution in [0.5, 0.6) is 0 Å². The Morgan fingerprint density at radius 3 is 2.56 bits per heavy atom. The van der Waals surface area contributed by atoms with Crippen molar-refractivity contribution in [2.75, 3.05) is 23.8 Å². The van der Waals surface area contributed by atoms with E-state index in [2.05, 4.69) is 37.0 Å². The number of aliphatic imine (C=N–C) groups is 1. The molecule has 3 aromatic rings. The van der Waals surface area contributed by atoms with Crippen LogP contribution in [-0.2, 0) is 11.4 Å². The molecule has 0 bridgehead atoms. The van der Waals surface area contributed by atoms with Crippen molar-refractivity contribution >= 4 is 56.8 Å². The van der Waals surface area contributed by atoms with E-state index in [0.717, 1.165) is 10.0 Å². The molecule has 0 atom stereocenters. The number of carbonyl (C=O) groups excluding carboxylic acids is 1. The van der Waals surface area contributed by atoms with Crippen molar-refractivity contribution in [2.24, 2.45) is 4.99 Å². The highest BCUT2D eigenvalue weighted by molar-refractivity contribution is 9.10. The predicted molar refractivity (Wildman–Crippen MR) is 132 cm³/mol. The van der Waals surface area contributed by atoms with Crippen LogP contribution in [0.25, 0.3) is 0 Å². The average molecular weight is 554 g/mol. The van der Waals surface area contributed by atoms with Gasteiger partial charge in [-0.1, -0.05) is 39.7 Å². The molecule has 0 aliphatic heterocycles. The first-order valence-electron chi connectivity index (χ1n) is 9.96. The molecule has 0 aliphatic rings. The lowest BCUT2D eigenvalue weighted by molar-refractivity contribution is 0.0169. The number of benzene rings is 3. The van der Waals surface area contributed by atoms with Gasteiger partial charge < -0.3 is 15.7 Å². The van der Waals surface area contributed by atoms with E-state index < -0.39 is 11.7 Å². The maximum atomic E-state index is 15.4. The molecule has 0 unspecified atom stereocenters. The summed E-state index contributed by atoms with van der Waals surface area (Å²) in [6, 6.07) is 13.6. The Morgan fingerprint density at radius 2 is 1.85 bits per heavy atom. The van der Waals surface area contributed by atoms with Crippen molar-refractivity contribution in [1.82, 2.24) is 5.48 Å². The van der Waals surface area contributed by atoms with Gasteiger partial charge in [-0.3, -0.25) is 14.6 Å². The Balaban J connectivity index is 1.84. The van der Waals surface area contributed by atoms with Gasteiger partial charge in [-0.15, -0.1) is 0 Å². The third-order valence-corrected chi connectivity index (χ3v) is 5.24. The maximum absolute atomic E-state index is 15.4. The number of hydrogen-bond donors (Lipinski definition) is 4. The summed E-state index contributed by atoms with van der Waals surface area (Å²) in [5.74, 6) is -1.83. The molecule has 178 valence electrons. The fraction of sp³-hybridized carbons (Fsp3) is 0.130. The lowest BCUT2D eigenvalue weighted by Crippen LogP contribution is -2.26. The number of nitrogens with zero attached hydrogens (tertiary/aromatic N) is 1. The van der Waals surface area contributed by atoms with Crippen LogP contribution in [0, 0.1) is 11.6 Å². The predicted octanol–water partition coefficient (Wildman–Crippen LogP) is 5.42. The van der Waals surface area contributed by atoms with E-state index in [1.807, 2.05) is 0 Å². The summed E-state index contributed by atoms with van der Waals surface area (Å²) in [7, 11) is 0. The van der Waals surface area contributed by atoms with Crippen LogP contribution in [0.2, 0.25) is 5.02 Å². The van der Waals surface area contributed by atoms with Gasteiger partial charge in [-0.25, -0.2) is 14.3 Å². The molecule has 0 spiro atoms. The standard InChI is InChI=1S/C23H20BrClF2N4O3/c24-15-3-7-19(18(25)11-15)30-22-17(23(33)31-34-10-9-32)6-8-20(21(22)27)29-13-28-12-14-1-4-16(26)5-2-14/h1-8,11,13,30,32H,9-10,12H2,(H,28,29)(H,31,33). The molecular formula is C23H20BrClF2N4O3. The van der Waals surface area contributed by atoms with E-state index in [1.54, 1.807) is 30.3 Å². The Labute approximate surface area is 207 Å².